The Bertz CT molecular complexity index is 997. The zero-order chi connectivity index (χ0) is 21.1. The Morgan fingerprint density at radius 1 is 1.00 bits per heavy atom. The number of piperazine rings is 1. The summed E-state index contributed by atoms with van der Waals surface area (Å²) in [6.07, 6.45) is 0. The minimum atomic E-state index is -1.37. The van der Waals surface area contributed by atoms with E-state index < -0.39 is 23.9 Å². The van der Waals surface area contributed by atoms with E-state index in [0.717, 1.165) is 24.2 Å². The third-order valence-electron chi connectivity index (χ3n) is 5.26. The number of anilines is 1. The van der Waals surface area contributed by atoms with Crippen LogP contribution in [0.25, 0.3) is 0 Å². The summed E-state index contributed by atoms with van der Waals surface area (Å²) in [4.78, 5) is 46.3. The number of amides is 4. The summed E-state index contributed by atoms with van der Waals surface area (Å²) in [6.45, 7) is 2.52. The van der Waals surface area contributed by atoms with E-state index in [1.807, 2.05) is 49.5 Å². The number of carbonyl (C=O) groups is 3. The van der Waals surface area contributed by atoms with Crippen LogP contribution in [0.3, 0.4) is 0 Å². The summed E-state index contributed by atoms with van der Waals surface area (Å²) < 4.78 is 0. The second kappa shape index (κ2) is 8.46. The number of hydrogen-bond donors (Lipinski definition) is 2. The maximum absolute atomic E-state index is 12.9. The van der Waals surface area contributed by atoms with Crippen molar-refractivity contribution in [2.24, 2.45) is 4.99 Å². The van der Waals surface area contributed by atoms with Gasteiger partial charge in [0.05, 0.1) is 11.4 Å². The summed E-state index contributed by atoms with van der Waals surface area (Å²) in [5.74, 6) is -1.31. The lowest BCUT2D eigenvalue weighted by Gasteiger charge is -2.32. The fourth-order valence-corrected chi connectivity index (χ4v) is 3.52. The van der Waals surface area contributed by atoms with Crippen molar-refractivity contribution in [3.8, 4) is 0 Å². The van der Waals surface area contributed by atoms with Crippen molar-refractivity contribution in [2.45, 2.75) is 6.04 Å². The van der Waals surface area contributed by atoms with E-state index in [2.05, 4.69) is 20.5 Å². The van der Waals surface area contributed by atoms with Gasteiger partial charge in [-0.1, -0.05) is 48.5 Å². The molecule has 1 atom stereocenters. The van der Waals surface area contributed by atoms with Crippen LogP contribution in [0.5, 0.6) is 0 Å². The highest BCUT2D eigenvalue weighted by Crippen LogP contribution is 2.24. The van der Waals surface area contributed by atoms with Gasteiger partial charge in [-0.2, -0.15) is 0 Å². The molecular weight excluding hydrogens is 382 g/mol. The number of nitrogens with one attached hydrogen (secondary N) is 2. The number of fused-ring (bicyclic) bond motifs is 1. The minimum Gasteiger partial charge on any atom is -0.323 e. The molecule has 154 valence electrons. The molecular formula is C22H23N5O3. The molecule has 0 aliphatic carbocycles. The number of carbonyl (C=O) groups excluding carboxylic acids is 3. The molecule has 8 nitrogen and oxygen atoms in total. The Morgan fingerprint density at radius 2 is 1.67 bits per heavy atom. The highest BCUT2D eigenvalue weighted by molar-refractivity contribution is 6.23. The highest BCUT2D eigenvalue weighted by Gasteiger charge is 2.33. The number of benzodiazepines with no additional fused rings is 1. The molecule has 30 heavy (non-hydrogen) atoms. The van der Waals surface area contributed by atoms with Crippen molar-refractivity contribution >= 4 is 29.2 Å². The Morgan fingerprint density at radius 3 is 2.40 bits per heavy atom. The van der Waals surface area contributed by atoms with Crippen molar-refractivity contribution in [2.75, 3.05) is 38.5 Å². The average molecular weight is 405 g/mol. The molecule has 1 unspecified atom stereocenters. The predicted molar refractivity (Wildman–Crippen MR) is 114 cm³/mol. The Hall–Kier alpha value is -3.52. The minimum absolute atomic E-state index is 0.501. The quantitative estimate of drug-likeness (QED) is 0.737. The number of nitrogens with zero attached hydrogens (tertiary/aromatic N) is 3. The fraction of sp³-hybridized carbons (Fsp3) is 0.273. The van der Waals surface area contributed by atoms with Gasteiger partial charge in [0.2, 0.25) is 6.04 Å². The summed E-state index contributed by atoms with van der Waals surface area (Å²) in [6, 6.07) is 14.8. The molecule has 0 aromatic heterocycles. The van der Waals surface area contributed by atoms with Crippen molar-refractivity contribution in [3.63, 3.8) is 0 Å². The molecule has 0 bridgehead atoms. The zero-order valence-electron chi connectivity index (χ0n) is 16.7. The van der Waals surface area contributed by atoms with Gasteiger partial charge in [-0.15, -0.1) is 0 Å². The van der Waals surface area contributed by atoms with Crippen LogP contribution < -0.4 is 10.6 Å². The van der Waals surface area contributed by atoms with Crippen molar-refractivity contribution in [1.29, 1.82) is 0 Å². The van der Waals surface area contributed by atoms with E-state index in [1.54, 1.807) is 17.0 Å². The van der Waals surface area contributed by atoms with Gasteiger partial charge in [0.25, 0.3) is 11.8 Å². The number of rotatable bonds is 2. The molecule has 8 heteroatoms. The number of benzene rings is 2. The molecule has 2 aliphatic heterocycles. The van der Waals surface area contributed by atoms with Crippen LogP contribution in [-0.2, 0) is 9.59 Å². The van der Waals surface area contributed by atoms with Gasteiger partial charge in [-0.3, -0.25) is 19.9 Å². The highest BCUT2D eigenvalue weighted by atomic mass is 16.2. The van der Waals surface area contributed by atoms with Crippen LogP contribution in [0.4, 0.5) is 10.5 Å². The molecule has 0 radical (unpaired) electrons. The SMILES string of the molecule is CN1CCN(C(=O)NC(=O)C2N=C(c3ccccc3)c3ccccc3NC2=O)CC1. The molecule has 2 aliphatic rings. The Balaban J connectivity index is 1.62. The first-order valence-electron chi connectivity index (χ1n) is 9.85. The lowest BCUT2D eigenvalue weighted by molar-refractivity contribution is -0.127. The Labute approximate surface area is 174 Å². The third-order valence-corrected chi connectivity index (χ3v) is 5.26. The van der Waals surface area contributed by atoms with Crippen LogP contribution in [0.15, 0.2) is 59.6 Å². The fourth-order valence-electron chi connectivity index (χ4n) is 3.52. The molecule has 2 N–H and O–H groups in total. The Kier molecular flexibility index (Phi) is 5.58. The molecule has 2 aromatic carbocycles. The van der Waals surface area contributed by atoms with Gasteiger partial charge in [-0.05, 0) is 13.1 Å². The van der Waals surface area contributed by atoms with Gasteiger partial charge in [0, 0.05) is 37.3 Å². The summed E-state index contributed by atoms with van der Waals surface area (Å²) in [5.41, 5.74) is 2.60. The number of para-hydroxylation sites is 1. The second-order valence-electron chi connectivity index (χ2n) is 7.37. The number of aliphatic imine (C=N–C) groups is 1. The number of likely N-dealkylation sites (N-methyl/N-ethyl adjacent to an activating group) is 1. The monoisotopic (exact) mass is 405 g/mol. The van der Waals surface area contributed by atoms with Crippen molar-refractivity contribution in [3.05, 3.63) is 65.7 Å². The van der Waals surface area contributed by atoms with Crippen LogP contribution >= 0.6 is 0 Å². The normalized spacial score (nSPS) is 19.2. The first-order valence-corrected chi connectivity index (χ1v) is 9.85. The van der Waals surface area contributed by atoms with E-state index >= 15 is 0 Å². The van der Waals surface area contributed by atoms with E-state index in [4.69, 9.17) is 0 Å². The summed E-state index contributed by atoms with van der Waals surface area (Å²) >= 11 is 0. The maximum atomic E-state index is 12.9. The largest absolute Gasteiger partial charge is 0.324 e. The van der Waals surface area contributed by atoms with Crippen LogP contribution in [0.2, 0.25) is 0 Å². The first kappa shape index (κ1) is 19.8. The van der Waals surface area contributed by atoms with Gasteiger partial charge < -0.3 is 15.1 Å². The molecule has 1 saturated heterocycles. The van der Waals surface area contributed by atoms with Crippen LogP contribution in [0.1, 0.15) is 11.1 Å². The second-order valence-corrected chi connectivity index (χ2v) is 7.37. The zero-order valence-corrected chi connectivity index (χ0v) is 16.7. The number of hydrogen-bond acceptors (Lipinski definition) is 5. The molecule has 1 fully saturated rings. The molecule has 2 aromatic rings. The van der Waals surface area contributed by atoms with E-state index in [0.29, 0.717) is 24.5 Å². The molecule has 0 saturated carbocycles. The average Bonchev–Trinajstić information content (AvgIpc) is 2.90. The molecule has 4 rings (SSSR count). The number of imide groups is 1. The molecule has 4 amide bonds. The van der Waals surface area contributed by atoms with Gasteiger partial charge >= 0.3 is 6.03 Å². The first-order chi connectivity index (χ1) is 14.5. The van der Waals surface area contributed by atoms with Crippen molar-refractivity contribution < 1.29 is 14.4 Å². The summed E-state index contributed by atoms with van der Waals surface area (Å²) in [7, 11) is 1.98. The molecule has 0 spiro atoms. The third kappa shape index (κ3) is 4.08. The number of urea groups is 1. The van der Waals surface area contributed by atoms with E-state index in [-0.39, 0.29) is 0 Å². The topological polar surface area (TPSA) is 94.1 Å². The lowest BCUT2D eigenvalue weighted by atomic mass is 10.0. The molecule has 2 heterocycles. The van der Waals surface area contributed by atoms with Gasteiger partial charge in [-0.25, -0.2) is 4.79 Å². The van der Waals surface area contributed by atoms with E-state index in [9.17, 15) is 14.4 Å². The predicted octanol–water partition coefficient (Wildman–Crippen LogP) is 1.33. The van der Waals surface area contributed by atoms with Crippen LogP contribution in [-0.4, -0.2) is 72.6 Å². The smallest absolute Gasteiger partial charge is 0.323 e. The lowest BCUT2D eigenvalue weighted by Crippen LogP contribution is -2.54. The van der Waals surface area contributed by atoms with Crippen molar-refractivity contribution in [1.82, 2.24) is 15.1 Å². The van der Waals surface area contributed by atoms with Gasteiger partial charge in [0.15, 0.2) is 0 Å². The standard InChI is InChI=1S/C22H23N5O3/c1-26-11-13-27(14-12-26)22(30)25-21(29)19-20(28)23-17-10-6-5-9-16(17)18(24-19)15-7-3-2-4-8-15/h2-10,19H,11-14H2,1H3,(H,23,28)(H,25,29,30). The van der Waals surface area contributed by atoms with E-state index in [1.165, 1.54) is 0 Å². The van der Waals surface area contributed by atoms with Crippen LogP contribution in [0, 0.1) is 0 Å². The van der Waals surface area contributed by atoms with Gasteiger partial charge in [0.1, 0.15) is 0 Å². The maximum Gasteiger partial charge on any atom is 0.324 e. The summed E-state index contributed by atoms with van der Waals surface area (Å²) in [5, 5.41) is 5.12.